The minimum Gasteiger partial charge on any atom is -0.397 e. The molecule has 0 aliphatic rings. The Morgan fingerprint density at radius 3 is 0.800 bits per heavy atom. The molecule has 0 aliphatic carbocycles. The van der Waals surface area contributed by atoms with Crippen LogP contribution in [0.1, 0.15) is 162 Å². The Morgan fingerprint density at radius 1 is 0.367 bits per heavy atom. The Bertz CT molecular complexity index is 231. The summed E-state index contributed by atoms with van der Waals surface area (Å²) in [4.78, 5) is 0. The zero-order chi connectivity index (χ0) is 22.4. The standard InChI is InChI=1S/C26H54O.C2H6O/c1-3-5-7-9-11-12-13-14-15-16-17-18-19-20-22-24-26-27-25-23-21-10-8-6-4-2;1-2-3/h3-26H2,1-2H3;3H,2H2,1H3. The lowest BCUT2D eigenvalue weighted by molar-refractivity contribution is 0.125. The van der Waals surface area contributed by atoms with Gasteiger partial charge in [-0.3, -0.25) is 0 Å². The summed E-state index contributed by atoms with van der Waals surface area (Å²) in [6.45, 7) is 8.49. The van der Waals surface area contributed by atoms with Gasteiger partial charge in [-0.2, -0.15) is 0 Å². The summed E-state index contributed by atoms with van der Waals surface area (Å²) in [5, 5.41) is 7.57. The highest BCUT2D eigenvalue weighted by molar-refractivity contribution is 4.50. The summed E-state index contributed by atoms with van der Waals surface area (Å²) >= 11 is 0. The SMILES string of the molecule is CCCCCCCCCCCCCCCCCCOCCCCCCCC.CCO. The van der Waals surface area contributed by atoms with E-state index in [0.717, 1.165) is 13.2 Å². The number of ether oxygens (including phenoxy) is 1. The Kier molecular flexibility index (Phi) is 35.9. The molecule has 184 valence electrons. The Hall–Kier alpha value is -0.0800. The van der Waals surface area contributed by atoms with Crippen LogP contribution in [0.25, 0.3) is 0 Å². The van der Waals surface area contributed by atoms with Crippen LogP contribution in [0.15, 0.2) is 0 Å². The van der Waals surface area contributed by atoms with Gasteiger partial charge >= 0.3 is 0 Å². The van der Waals surface area contributed by atoms with E-state index in [-0.39, 0.29) is 6.61 Å². The van der Waals surface area contributed by atoms with Crippen LogP contribution in [-0.2, 0) is 4.74 Å². The first-order valence-electron chi connectivity index (χ1n) is 14.0. The van der Waals surface area contributed by atoms with E-state index < -0.39 is 0 Å². The highest BCUT2D eigenvalue weighted by Gasteiger charge is 1.95. The molecule has 2 heteroatoms. The van der Waals surface area contributed by atoms with E-state index in [9.17, 15) is 0 Å². The van der Waals surface area contributed by atoms with Gasteiger partial charge < -0.3 is 9.84 Å². The molecule has 0 spiro atoms. The molecule has 0 radical (unpaired) electrons. The van der Waals surface area contributed by atoms with E-state index in [1.54, 1.807) is 6.92 Å². The fraction of sp³-hybridized carbons (Fsp3) is 1.00. The molecule has 0 aromatic carbocycles. The molecule has 30 heavy (non-hydrogen) atoms. The average Bonchev–Trinajstić information content (AvgIpc) is 2.75. The van der Waals surface area contributed by atoms with Crippen molar-refractivity contribution in [3.63, 3.8) is 0 Å². The topological polar surface area (TPSA) is 29.5 Å². The van der Waals surface area contributed by atoms with Crippen LogP contribution in [0, 0.1) is 0 Å². The van der Waals surface area contributed by atoms with Gasteiger partial charge in [0.1, 0.15) is 0 Å². The Labute approximate surface area is 192 Å². The van der Waals surface area contributed by atoms with Crippen LogP contribution in [-0.4, -0.2) is 24.9 Å². The minimum absolute atomic E-state index is 0.250. The molecular weight excluding hydrogens is 368 g/mol. The van der Waals surface area contributed by atoms with E-state index in [4.69, 9.17) is 9.84 Å². The lowest BCUT2D eigenvalue weighted by atomic mass is 10.0. The number of rotatable bonds is 24. The molecule has 0 saturated heterocycles. The van der Waals surface area contributed by atoms with E-state index in [0.29, 0.717) is 0 Å². The molecule has 0 bridgehead atoms. The van der Waals surface area contributed by atoms with Gasteiger partial charge in [-0.25, -0.2) is 0 Å². The summed E-state index contributed by atoms with van der Waals surface area (Å²) in [7, 11) is 0. The van der Waals surface area contributed by atoms with Crippen molar-refractivity contribution in [3.8, 4) is 0 Å². The summed E-state index contributed by atoms with van der Waals surface area (Å²) < 4.78 is 5.76. The van der Waals surface area contributed by atoms with Crippen molar-refractivity contribution in [2.24, 2.45) is 0 Å². The average molecular weight is 429 g/mol. The minimum atomic E-state index is 0.250. The van der Waals surface area contributed by atoms with Crippen LogP contribution in [0.4, 0.5) is 0 Å². The molecule has 0 amide bonds. The number of aliphatic hydroxyl groups excluding tert-OH is 1. The summed E-state index contributed by atoms with van der Waals surface area (Å²) in [6, 6.07) is 0. The third-order valence-corrected chi connectivity index (χ3v) is 5.78. The van der Waals surface area contributed by atoms with Gasteiger partial charge in [0.2, 0.25) is 0 Å². The predicted molar refractivity (Wildman–Crippen MR) is 137 cm³/mol. The summed E-state index contributed by atoms with van der Waals surface area (Å²) in [6.07, 6.45) is 31.2. The molecule has 0 rings (SSSR count). The Morgan fingerprint density at radius 2 is 0.567 bits per heavy atom. The molecule has 0 unspecified atom stereocenters. The third kappa shape index (κ3) is 35.4. The second-order valence-corrected chi connectivity index (χ2v) is 9.00. The third-order valence-electron chi connectivity index (χ3n) is 5.78. The van der Waals surface area contributed by atoms with Gasteiger partial charge in [-0.15, -0.1) is 0 Å². The van der Waals surface area contributed by atoms with Gasteiger partial charge in [0.25, 0.3) is 0 Å². The van der Waals surface area contributed by atoms with Crippen molar-refractivity contribution < 1.29 is 9.84 Å². The first kappa shape index (κ1) is 32.1. The van der Waals surface area contributed by atoms with E-state index in [2.05, 4.69) is 13.8 Å². The number of aliphatic hydroxyl groups is 1. The first-order chi connectivity index (χ1) is 14.8. The van der Waals surface area contributed by atoms with Crippen molar-refractivity contribution in [2.45, 2.75) is 162 Å². The summed E-state index contributed by atoms with van der Waals surface area (Å²) in [5.74, 6) is 0. The molecule has 1 N–H and O–H groups in total. The second-order valence-electron chi connectivity index (χ2n) is 9.00. The maximum Gasteiger partial charge on any atom is 0.0466 e. The maximum atomic E-state index is 7.57. The maximum absolute atomic E-state index is 7.57. The van der Waals surface area contributed by atoms with E-state index in [1.165, 1.54) is 141 Å². The van der Waals surface area contributed by atoms with Crippen molar-refractivity contribution in [1.29, 1.82) is 0 Å². The smallest absolute Gasteiger partial charge is 0.0466 e. The monoisotopic (exact) mass is 428 g/mol. The van der Waals surface area contributed by atoms with Crippen LogP contribution in [0.2, 0.25) is 0 Å². The number of unbranched alkanes of at least 4 members (excludes halogenated alkanes) is 20. The van der Waals surface area contributed by atoms with E-state index >= 15 is 0 Å². The summed E-state index contributed by atoms with van der Waals surface area (Å²) in [5.41, 5.74) is 0. The molecule has 0 fully saturated rings. The molecule has 0 heterocycles. The van der Waals surface area contributed by atoms with E-state index in [1.807, 2.05) is 0 Å². The van der Waals surface area contributed by atoms with Gasteiger partial charge in [-0.05, 0) is 19.8 Å². The lowest BCUT2D eigenvalue weighted by Crippen LogP contribution is -1.97. The van der Waals surface area contributed by atoms with Gasteiger partial charge in [0.05, 0.1) is 0 Å². The number of hydrogen-bond acceptors (Lipinski definition) is 2. The first-order valence-corrected chi connectivity index (χ1v) is 14.0. The lowest BCUT2D eigenvalue weighted by Gasteiger charge is -2.05. The van der Waals surface area contributed by atoms with Crippen molar-refractivity contribution in [3.05, 3.63) is 0 Å². The highest BCUT2D eigenvalue weighted by atomic mass is 16.5. The van der Waals surface area contributed by atoms with Gasteiger partial charge in [-0.1, -0.05) is 142 Å². The van der Waals surface area contributed by atoms with Crippen LogP contribution < -0.4 is 0 Å². The van der Waals surface area contributed by atoms with Gasteiger partial charge in [0, 0.05) is 19.8 Å². The largest absolute Gasteiger partial charge is 0.397 e. The Balaban J connectivity index is 0. The fourth-order valence-electron chi connectivity index (χ4n) is 3.84. The molecule has 0 aliphatic heterocycles. The zero-order valence-corrected chi connectivity index (χ0v) is 21.5. The van der Waals surface area contributed by atoms with Crippen LogP contribution in [0.3, 0.4) is 0 Å². The molecule has 0 aromatic heterocycles. The molecular formula is C28H60O2. The zero-order valence-electron chi connectivity index (χ0n) is 21.5. The fourth-order valence-corrected chi connectivity index (χ4v) is 3.84. The van der Waals surface area contributed by atoms with Crippen LogP contribution in [0.5, 0.6) is 0 Å². The molecule has 2 nitrogen and oxygen atoms in total. The molecule has 0 saturated carbocycles. The predicted octanol–water partition coefficient (Wildman–Crippen LogP) is 9.62. The number of hydrogen-bond donors (Lipinski definition) is 1. The molecule has 0 atom stereocenters. The quantitative estimate of drug-likeness (QED) is 0.155. The second kappa shape index (κ2) is 33.6. The van der Waals surface area contributed by atoms with Gasteiger partial charge in [0.15, 0.2) is 0 Å². The van der Waals surface area contributed by atoms with Crippen molar-refractivity contribution in [2.75, 3.05) is 19.8 Å². The van der Waals surface area contributed by atoms with Crippen molar-refractivity contribution >= 4 is 0 Å². The highest BCUT2D eigenvalue weighted by Crippen LogP contribution is 2.13. The van der Waals surface area contributed by atoms with Crippen LogP contribution >= 0.6 is 0 Å². The normalized spacial score (nSPS) is 10.8. The van der Waals surface area contributed by atoms with Crippen molar-refractivity contribution in [1.82, 2.24) is 0 Å². The molecule has 0 aromatic rings.